The van der Waals surface area contributed by atoms with Gasteiger partial charge in [0.15, 0.2) is 11.5 Å². The lowest BCUT2D eigenvalue weighted by atomic mass is 9.90. The molecule has 0 amide bonds. The zero-order chi connectivity index (χ0) is 25.1. The molecule has 0 bridgehead atoms. The molecule has 0 heterocycles. The first-order chi connectivity index (χ1) is 16.4. The molecule has 2 aromatic rings. The lowest BCUT2D eigenvalue weighted by molar-refractivity contribution is -0.131. The van der Waals surface area contributed by atoms with E-state index in [1.807, 2.05) is 25.1 Å². The summed E-state index contributed by atoms with van der Waals surface area (Å²) in [4.78, 5) is 35.0. The molecular formula is C28H28O6. The van der Waals surface area contributed by atoms with E-state index < -0.39 is 17.9 Å². The van der Waals surface area contributed by atoms with Gasteiger partial charge < -0.3 is 14.2 Å². The molecular weight excluding hydrogens is 432 g/mol. The van der Waals surface area contributed by atoms with Crippen molar-refractivity contribution in [3.05, 3.63) is 91.6 Å². The zero-order valence-corrected chi connectivity index (χ0v) is 19.5. The number of esters is 3. The number of hydrogen-bond acceptors (Lipinski definition) is 6. The van der Waals surface area contributed by atoms with Gasteiger partial charge in [-0.15, -0.1) is 0 Å². The predicted molar refractivity (Wildman–Crippen MR) is 132 cm³/mol. The Bertz CT molecular complexity index is 1120. The highest BCUT2D eigenvalue weighted by Gasteiger charge is 2.16. The average Bonchev–Trinajstić information content (AvgIpc) is 2.85. The van der Waals surface area contributed by atoms with Crippen molar-refractivity contribution in [1.82, 2.24) is 0 Å². The number of ether oxygens (including phenoxy) is 3. The number of benzene rings is 2. The van der Waals surface area contributed by atoms with Gasteiger partial charge in [0.05, 0.1) is 0 Å². The summed E-state index contributed by atoms with van der Waals surface area (Å²) < 4.78 is 15.7. The largest absolute Gasteiger partial charge is 0.423 e. The van der Waals surface area contributed by atoms with Gasteiger partial charge in [0, 0.05) is 18.2 Å². The van der Waals surface area contributed by atoms with Crippen LogP contribution in [0, 0.1) is 0 Å². The molecule has 176 valence electrons. The molecule has 6 heteroatoms. The van der Waals surface area contributed by atoms with E-state index in [9.17, 15) is 14.4 Å². The Morgan fingerprint density at radius 1 is 0.706 bits per heavy atom. The van der Waals surface area contributed by atoms with Gasteiger partial charge in [-0.1, -0.05) is 58.2 Å². The van der Waals surface area contributed by atoms with E-state index in [0.717, 1.165) is 53.3 Å². The van der Waals surface area contributed by atoms with Crippen molar-refractivity contribution >= 4 is 29.1 Å². The number of carbonyl (C=O) groups excluding carboxylic acids is 3. The maximum Gasteiger partial charge on any atom is 0.335 e. The molecule has 0 N–H and O–H groups in total. The third kappa shape index (κ3) is 6.90. The molecule has 0 aliphatic heterocycles. The van der Waals surface area contributed by atoms with E-state index in [2.05, 4.69) is 26.7 Å². The second kappa shape index (κ2) is 12.7. The molecule has 0 atom stereocenters. The van der Waals surface area contributed by atoms with Crippen LogP contribution >= 0.6 is 0 Å². The van der Waals surface area contributed by atoms with Crippen LogP contribution in [0.1, 0.15) is 44.2 Å². The summed E-state index contributed by atoms with van der Waals surface area (Å²) in [6.45, 7) is 14.3. The summed E-state index contributed by atoms with van der Waals surface area (Å²) in [5.41, 5.74) is 3.93. The first-order valence-electron chi connectivity index (χ1n) is 10.9. The third-order valence-electron chi connectivity index (χ3n) is 4.85. The van der Waals surface area contributed by atoms with Gasteiger partial charge in [0.25, 0.3) is 0 Å². The van der Waals surface area contributed by atoms with Crippen molar-refractivity contribution in [3.63, 3.8) is 0 Å². The van der Waals surface area contributed by atoms with Crippen LogP contribution in [0.5, 0.6) is 17.2 Å². The van der Waals surface area contributed by atoms with Gasteiger partial charge in [-0.2, -0.15) is 0 Å². The monoisotopic (exact) mass is 460 g/mol. The summed E-state index contributed by atoms with van der Waals surface area (Å²) in [5, 5.41) is 0. The zero-order valence-electron chi connectivity index (χ0n) is 19.5. The molecule has 0 saturated carbocycles. The quantitative estimate of drug-likeness (QED) is 0.175. The Labute approximate surface area is 199 Å². The minimum Gasteiger partial charge on any atom is -0.423 e. The van der Waals surface area contributed by atoms with Gasteiger partial charge in [-0.25, -0.2) is 14.4 Å². The van der Waals surface area contributed by atoms with Crippen LogP contribution in [0.3, 0.4) is 0 Å². The van der Waals surface area contributed by atoms with Crippen LogP contribution in [-0.2, 0) is 14.4 Å². The maximum atomic E-state index is 11.9. The van der Waals surface area contributed by atoms with Crippen LogP contribution < -0.4 is 14.2 Å². The summed E-state index contributed by atoms with van der Waals surface area (Å²) >= 11 is 0. The molecule has 0 aromatic heterocycles. The molecule has 0 fully saturated rings. The summed E-state index contributed by atoms with van der Waals surface area (Å²) in [7, 11) is 0. The molecule has 0 aliphatic rings. The summed E-state index contributed by atoms with van der Waals surface area (Å²) in [6.07, 6.45) is 5.57. The molecule has 2 aromatic carbocycles. The first kappa shape index (κ1) is 26.1. The van der Waals surface area contributed by atoms with Crippen LogP contribution in [0.4, 0.5) is 0 Å². The smallest absolute Gasteiger partial charge is 0.335 e. The molecule has 0 unspecified atom stereocenters. The Kier molecular flexibility index (Phi) is 9.77. The Morgan fingerprint density at radius 3 is 1.76 bits per heavy atom. The van der Waals surface area contributed by atoms with Gasteiger partial charge >= 0.3 is 17.9 Å². The Morgan fingerprint density at radius 2 is 1.24 bits per heavy atom. The van der Waals surface area contributed by atoms with Crippen LogP contribution in [0.15, 0.2) is 80.4 Å². The lowest BCUT2D eigenvalue weighted by Crippen LogP contribution is -2.09. The van der Waals surface area contributed by atoms with Crippen molar-refractivity contribution in [3.8, 4) is 17.2 Å². The first-order valence-corrected chi connectivity index (χ1v) is 10.9. The van der Waals surface area contributed by atoms with Crippen molar-refractivity contribution < 1.29 is 28.6 Å². The van der Waals surface area contributed by atoms with Gasteiger partial charge in [-0.3, -0.25) is 0 Å². The molecule has 0 spiro atoms. The van der Waals surface area contributed by atoms with E-state index in [-0.39, 0.29) is 11.5 Å². The standard InChI is InChI=1S/C28H28O6/c1-6-11-23(19-12-15-21(16-13-19)32-26(29)8-3)22(7-2)20-14-17-24(33-27(30)9-4)25(18-20)34-28(31)10-5/h8-10,12-18H,3-7,11H2,1-2H3. The highest BCUT2D eigenvalue weighted by atomic mass is 16.6. The fraction of sp³-hybridized carbons (Fsp3) is 0.179. The molecule has 0 radical (unpaired) electrons. The van der Waals surface area contributed by atoms with Gasteiger partial charge in [-0.05, 0) is 59.4 Å². The Balaban J connectivity index is 2.57. The van der Waals surface area contributed by atoms with Crippen molar-refractivity contribution in [2.45, 2.75) is 33.1 Å². The predicted octanol–water partition coefficient (Wildman–Crippen LogP) is 6.08. The molecule has 0 saturated heterocycles. The topological polar surface area (TPSA) is 78.9 Å². The fourth-order valence-electron chi connectivity index (χ4n) is 3.35. The summed E-state index contributed by atoms with van der Waals surface area (Å²) in [6, 6.07) is 12.3. The molecule has 6 nitrogen and oxygen atoms in total. The second-order valence-corrected chi connectivity index (χ2v) is 7.12. The van der Waals surface area contributed by atoms with E-state index in [1.54, 1.807) is 24.3 Å². The summed E-state index contributed by atoms with van der Waals surface area (Å²) in [5.74, 6) is -1.23. The van der Waals surface area contributed by atoms with E-state index in [1.165, 1.54) is 0 Å². The van der Waals surface area contributed by atoms with Crippen molar-refractivity contribution in [2.75, 3.05) is 0 Å². The molecule has 2 rings (SSSR count). The molecule has 0 aliphatic carbocycles. The van der Waals surface area contributed by atoms with Crippen LogP contribution in [0.25, 0.3) is 11.1 Å². The number of rotatable bonds is 11. The van der Waals surface area contributed by atoms with Crippen LogP contribution in [-0.4, -0.2) is 17.9 Å². The fourth-order valence-corrected chi connectivity index (χ4v) is 3.35. The van der Waals surface area contributed by atoms with Gasteiger partial charge in [0.1, 0.15) is 5.75 Å². The maximum absolute atomic E-state index is 11.9. The third-order valence-corrected chi connectivity index (χ3v) is 4.85. The minimum atomic E-state index is -0.673. The lowest BCUT2D eigenvalue weighted by Gasteiger charge is -2.17. The van der Waals surface area contributed by atoms with E-state index in [4.69, 9.17) is 14.2 Å². The Hall–Kier alpha value is -4.19. The van der Waals surface area contributed by atoms with Crippen LogP contribution in [0.2, 0.25) is 0 Å². The second-order valence-electron chi connectivity index (χ2n) is 7.12. The number of hydrogen-bond donors (Lipinski definition) is 0. The SMILES string of the molecule is C=CC(=O)Oc1ccc(C(CCC)=C(CC)c2ccc(OC(=O)C=C)c(OC(=O)C=C)c2)cc1. The van der Waals surface area contributed by atoms with E-state index >= 15 is 0 Å². The van der Waals surface area contributed by atoms with Crippen molar-refractivity contribution in [1.29, 1.82) is 0 Å². The number of allylic oxidation sites excluding steroid dienone is 2. The van der Waals surface area contributed by atoms with Crippen molar-refractivity contribution in [2.24, 2.45) is 0 Å². The number of carbonyl (C=O) groups is 3. The highest BCUT2D eigenvalue weighted by Crippen LogP contribution is 2.37. The normalized spacial score (nSPS) is 11.0. The van der Waals surface area contributed by atoms with Gasteiger partial charge in [0.2, 0.25) is 0 Å². The highest BCUT2D eigenvalue weighted by molar-refractivity contribution is 5.92. The average molecular weight is 461 g/mol. The van der Waals surface area contributed by atoms with E-state index in [0.29, 0.717) is 12.2 Å². The minimum absolute atomic E-state index is 0.102. The molecule has 34 heavy (non-hydrogen) atoms.